The third-order valence-electron chi connectivity index (χ3n) is 5.06. The predicted molar refractivity (Wildman–Crippen MR) is 132 cm³/mol. The van der Waals surface area contributed by atoms with Gasteiger partial charge in [-0.25, -0.2) is 9.59 Å². The molecule has 0 spiro atoms. The number of nitrogens with zero attached hydrogens (tertiary/aromatic N) is 4. The number of carbonyl (C=O) groups is 3. The highest BCUT2D eigenvalue weighted by atomic mass is 16.4. The molecule has 0 radical (unpaired) electrons. The highest BCUT2D eigenvalue weighted by Gasteiger charge is 2.04. The third kappa shape index (κ3) is 26.1. The van der Waals surface area contributed by atoms with Crippen LogP contribution in [0, 0.1) is 0 Å². The normalized spacial score (nSPS) is 11.6. The minimum absolute atomic E-state index is 0.0853. The summed E-state index contributed by atoms with van der Waals surface area (Å²) in [6.45, 7) is 2.21. The zero-order valence-electron chi connectivity index (χ0n) is 21.6. The Labute approximate surface area is 200 Å². The molecular formula is C24H48N4O5. The fourth-order valence-electron chi connectivity index (χ4n) is 2.93. The molecule has 4 amide bonds. The number of rotatable bonds is 16. The Morgan fingerprint density at radius 1 is 0.667 bits per heavy atom. The molecule has 0 aliphatic carbocycles. The summed E-state index contributed by atoms with van der Waals surface area (Å²) in [7, 11) is 6.12. The zero-order chi connectivity index (χ0) is 25.5. The molecule has 0 saturated heterocycles. The van der Waals surface area contributed by atoms with Gasteiger partial charge in [-0.2, -0.15) is 0 Å². The topological polar surface area (TPSA) is 123 Å². The van der Waals surface area contributed by atoms with Gasteiger partial charge in [0.15, 0.2) is 0 Å². The number of aliphatic hydroxyl groups is 1. The molecule has 0 aliphatic rings. The molecule has 9 heteroatoms. The fourth-order valence-corrected chi connectivity index (χ4v) is 2.93. The first kappa shape index (κ1) is 33.1. The van der Waals surface area contributed by atoms with Crippen molar-refractivity contribution in [2.75, 3.05) is 28.2 Å². The van der Waals surface area contributed by atoms with Gasteiger partial charge in [0.25, 0.3) is 0 Å². The second-order valence-corrected chi connectivity index (χ2v) is 8.82. The van der Waals surface area contributed by atoms with Crippen molar-refractivity contribution in [1.82, 2.24) is 9.80 Å². The molecule has 0 aliphatic heterocycles. The number of carboxylic acids is 1. The minimum atomic E-state index is -0.678. The summed E-state index contributed by atoms with van der Waals surface area (Å²) in [5.74, 6) is -0.678. The summed E-state index contributed by atoms with van der Waals surface area (Å²) in [4.78, 5) is 34.3. The highest BCUT2D eigenvalue weighted by Crippen LogP contribution is 2.14. The van der Waals surface area contributed by atoms with Crippen LogP contribution in [0.15, 0.2) is 10.2 Å². The summed E-state index contributed by atoms with van der Waals surface area (Å²) in [6.07, 6.45) is 16.3. The lowest BCUT2D eigenvalue weighted by molar-refractivity contribution is -0.137. The maximum atomic E-state index is 10.8. The van der Waals surface area contributed by atoms with Crippen molar-refractivity contribution in [3.63, 3.8) is 0 Å². The van der Waals surface area contributed by atoms with Crippen LogP contribution in [0.4, 0.5) is 9.59 Å². The van der Waals surface area contributed by atoms with E-state index in [4.69, 9.17) is 5.11 Å². The van der Waals surface area contributed by atoms with E-state index in [0.29, 0.717) is 6.42 Å². The SMILES string of the molecule is CCCCCCC(O)CCCCCCCCCCC(=O)O.CN(C)C(=O)N=NC(=O)N(C)C. The molecule has 194 valence electrons. The Morgan fingerprint density at radius 3 is 1.39 bits per heavy atom. The first-order chi connectivity index (χ1) is 15.6. The Hall–Kier alpha value is -2.03. The summed E-state index contributed by atoms with van der Waals surface area (Å²) in [6, 6.07) is -1.10. The molecule has 0 aromatic carbocycles. The number of unbranched alkanes of at least 4 members (excludes halogenated alkanes) is 10. The second kappa shape index (κ2) is 23.1. The van der Waals surface area contributed by atoms with E-state index in [-0.39, 0.29) is 6.10 Å². The number of aliphatic hydroxyl groups excluding tert-OH is 1. The van der Waals surface area contributed by atoms with Gasteiger partial charge in [-0.05, 0) is 19.3 Å². The van der Waals surface area contributed by atoms with Crippen molar-refractivity contribution in [3.05, 3.63) is 0 Å². The molecule has 0 rings (SSSR count). The predicted octanol–water partition coefficient (Wildman–Crippen LogP) is 6.11. The van der Waals surface area contributed by atoms with Crippen LogP contribution in [0.25, 0.3) is 0 Å². The number of amides is 4. The largest absolute Gasteiger partial charge is 0.481 e. The highest BCUT2D eigenvalue weighted by molar-refractivity contribution is 5.79. The van der Waals surface area contributed by atoms with Crippen LogP contribution in [0.3, 0.4) is 0 Å². The first-order valence-corrected chi connectivity index (χ1v) is 12.4. The Bertz CT molecular complexity index is 517. The molecular weight excluding hydrogens is 424 g/mol. The number of urea groups is 2. The molecule has 0 aromatic heterocycles. The minimum Gasteiger partial charge on any atom is -0.481 e. The van der Waals surface area contributed by atoms with E-state index in [1.807, 2.05) is 0 Å². The van der Waals surface area contributed by atoms with E-state index < -0.39 is 18.0 Å². The molecule has 33 heavy (non-hydrogen) atoms. The van der Waals surface area contributed by atoms with Gasteiger partial charge in [0.2, 0.25) is 0 Å². The molecule has 9 nitrogen and oxygen atoms in total. The molecule has 0 heterocycles. The summed E-state index contributed by atoms with van der Waals surface area (Å²) < 4.78 is 0. The van der Waals surface area contributed by atoms with Crippen molar-refractivity contribution in [2.45, 2.75) is 109 Å². The third-order valence-corrected chi connectivity index (χ3v) is 5.06. The molecule has 2 N–H and O–H groups in total. The van der Waals surface area contributed by atoms with Crippen molar-refractivity contribution in [3.8, 4) is 0 Å². The number of hydrogen-bond acceptors (Lipinski definition) is 4. The fraction of sp³-hybridized carbons (Fsp3) is 0.875. The van der Waals surface area contributed by atoms with Crippen LogP contribution in [-0.4, -0.2) is 72.3 Å². The number of aliphatic carboxylic acids is 1. The maximum Gasteiger partial charge on any atom is 0.361 e. The van der Waals surface area contributed by atoms with Crippen LogP contribution in [-0.2, 0) is 4.79 Å². The van der Waals surface area contributed by atoms with Crippen molar-refractivity contribution >= 4 is 18.0 Å². The number of carbonyl (C=O) groups excluding carboxylic acids is 2. The van der Waals surface area contributed by atoms with Crippen LogP contribution < -0.4 is 0 Å². The lowest BCUT2D eigenvalue weighted by Crippen LogP contribution is -2.20. The van der Waals surface area contributed by atoms with Gasteiger partial charge in [0.05, 0.1) is 6.10 Å². The molecule has 0 bridgehead atoms. The molecule has 0 saturated carbocycles. The van der Waals surface area contributed by atoms with Gasteiger partial charge >= 0.3 is 18.0 Å². The van der Waals surface area contributed by atoms with Gasteiger partial charge in [0, 0.05) is 34.6 Å². The van der Waals surface area contributed by atoms with Gasteiger partial charge in [-0.3, -0.25) is 4.79 Å². The van der Waals surface area contributed by atoms with Gasteiger partial charge in [-0.15, -0.1) is 0 Å². The number of azo groups is 1. The average Bonchev–Trinajstić information content (AvgIpc) is 2.76. The summed E-state index contributed by atoms with van der Waals surface area (Å²) in [5, 5.41) is 24.7. The monoisotopic (exact) mass is 472 g/mol. The van der Waals surface area contributed by atoms with Gasteiger partial charge in [0.1, 0.15) is 0 Å². The molecule has 1 unspecified atom stereocenters. The first-order valence-electron chi connectivity index (χ1n) is 12.4. The summed E-state index contributed by atoms with van der Waals surface area (Å²) >= 11 is 0. The maximum absolute atomic E-state index is 10.8. The van der Waals surface area contributed by atoms with Crippen molar-refractivity contribution in [1.29, 1.82) is 0 Å². The average molecular weight is 473 g/mol. The molecule has 0 aromatic rings. The Kier molecular flexibility index (Phi) is 23.2. The van der Waals surface area contributed by atoms with E-state index in [1.165, 1.54) is 89.4 Å². The van der Waals surface area contributed by atoms with Crippen LogP contribution >= 0.6 is 0 Å². The standard InChI is InChI=1S/C18H36O3.C6H12N4O2/c1-2-3-4-11-14-17(19)15-12-9-7-5-6-8-10-13-16-18(20)21;1-9(2)5(11)7-8-6(12)10(3)4/h17,19H,2-16H2,1H3,(H,20,21);1-4H3. The Balaban J connectivity index is 0. The summed E-state index contributed by atoms with van der Waals surface area (Å²) in [5.41, 5.74) is 0. The Morgan fingerprint density at radius 2 is 1.03 bits per heavy atom. The van der Waals surface area contributed by atoms with Crippen molar-refractivity contribution < 1.29 is 24.6 Å². The second-order valence-electron chi connectivity index (χ2n) is 8.82. The quantitative estimate of drug-likeness (QED) is 0.207. The lowest BCUT2D eigenvalue weighted by Gasteiger charge is -2.10. The molecule has 1 atom stereocenters. The number of hydrogen-bond donors (Lipinski definition) is 2. The van der Waals surface area contributed by atoms with E-state index in [1.54, 1.807) is 0 Å². The number of carboxylic acid groups (broad SMARTS) is 1. The molecule has 0 fully saturated rings. The van der Waals surface area contributed by atoms with Crippen LogP contribution in [0.2, 0.25) is 0 Å². The lowest BCUT2D eigenvalue weighted by atomic mass is 10.0. The van der Waals surface area contributed by atoms with Crippen molar-refractivity contribution in [2.24, 2.45) is 10.2 Å². The van der Waals surface area contributed by atoms with E-state index in [0.717, 1.165) is 38.5 Å². The zero-order valence-corrected chi connectivity index (χ0v) is 21.6. The smallest absolute Gasteiger partial charge is 0.361 e. The van der Waals surface area contributed by atoms with E-state index in [2.05, 4.69) is 17.2 Å². The van der Waals surface area contributed by atoms with Gasteiger partial charge < -0.3 is 20.0 Å². The van der Waals surface area contributed by atoms with E-state index in [9.17, 15) is 19.5 Å². The van der Waals surface area contributed by atoms with E-state index >= 15 is 0 Å². The van der Waals surface area contributed by atoms with Crippen LogP contribution in [0.5, 0.6) is 0 Å². The van der Waals surface area contributed by atoms with Crippen LogP contribution in [0.1, 0.15) is 103 Å². The van der Waals surface area contributed by atoms with Gasteiger partial charge in [-0.1, -0.05) is 87.8 Å².